The molecule has 0 bridgehead atoms. The van der Waals surface area contributed by atoms with Crippen LogP contribution in [-0.2, 0) is 6.42 Å². The molecule has 2 atom stereocenters. The zero-order chi connectivity index (χ0) is 13.2. The number of aromatic nitrogens is 2. The number of hydrogen-bond donors (Lipinski definition) is 1. The second-order valence-corrected chi connectivity index (χ2v) is 5.91. The van der Waals surface area contributed by atoms with E-state index in [0.717, 1.165) is 32.0 Å². The molecule has 2 unspecified atom stereocenters. The van der Waals surface area contributed by atoms with Crippen LogP contribution in [0.5, 0.6) is 0 Å². The van der Waals surface area contributed by atoms with Crippen LogP contribution in [0, 0.1) is 5.92 Å². The minimum absolute atomic E-state index is 0.604. The molecule has 0 aromatic carbocycles. The van der Waals surface area contributed by atoms with E-state index in [1.54, 1.807) is 0 Å². The molecular weight excluding hydrogens is 236 g/mol. The second-order valence-electron chi connectivity index (χ2n) is 5.91. The molecule has 104 valence electrons. The predicted molar refractivity (Wildman–Crippen MR) is 77.4 cm³/mol. The Labute approximate surface area is 115 Å². The monoisotopic (exact) mass is 260 g/mol. The number of anilines is 1. The summed E-state index contributed by atoms with van der Waals surface area (Å²) in [6, 6.07) is 0. The van der Waals surface area contributed by atoms with Crippen molar-refractivity contribution >= 4 is 5.95 Å². The summed E-state index contributed by atoms with van der Waals surface area (Å²) < 4.78 is 0. The molecule has 3 rings (SSSR count). The summed E-state index contributed by atoms with van der Waals surface area (Å²) in [5.41, 5.74) is 8.48. The van der Waals surface area contributed by atoms with Crippen LogP contribution in [0.15, 0.2) is 6.20 Å². The molecule has 2 aliphatic rings. The smallest absolute Gasteiger partial charge is 0.225 e. The molecule has 1 aromatic heterocycles. The molecule has 1 fully saturated rings. The van der Waals surface area contributed by atoms with Crippen molar-refractivity contribution in [1.82, 2.24) is 9.97 Å². The number of rotatable bonds is 3. The van der Waals surface area contributed by atoms with E-state index in [1.807, 2.05) is 0 Å². The number of hydrogen-bond acceptors (Lipinski definition) is 4. The summed E-state index contributed by atoms with van der Waals surface area (Å²) in [6.45, 7) is 5.13. The lowest BCUT2D eigenvalue weighted by Crippen LogP contribution is -2.39. The van der Waals surface area contributed by atoms with Gasteiger partial charge in [0.05, 0.1) is 5.69 Å². The normalized spacial score (nSPS) is 26.5. The van der Waals surface area contributed by atoms with Gasteiger partial charge in [-0.2, -0.15) is 0 Å². The van der Waals surface area contributed by atoms with Crippen LogP contribution in [0.25, 0.3) is 0 Å². The number of piperidine rings is 1. The molecule has 4 nitrogen and oxygen atoms in total. The van der Waals surface area contributed by atoms with Gasteiger partial charge in [-0.15, -0.1) is 0 Å². The van der Waals surface area contributed by atoms with Gasteiger partial charge in [0.2, 0.25) is 5.95 Å². The highest BCUT2D eigenvalue weighted by molar-refractivity contribution is 5.37. The zero-order valence-electron chi connectivity index (χ0n) is 11.8. The first-order valence-electron chi connectivity index (χ1n) is 7.62. The Kier molecular flexibility index (Phi) is 3.69. The SMILES string of the molecule is CCC1CCc2cnc(N3CCCC(CN)C3)nc21. The average Bonchev–Trinajstić information content (AvgIpc) is 2.89. The summed E-state index contributed by atoms with van der Waals surface area (Å²) in [7, 11) is 0. The van der Waals surface area contributed by atoms with Crippen LogP contribution < -0.4 is 10.6 Å². The first kappa shape index (κ1) is 12.9. The van der Waals surface area contributed by atoms with Crippen molar-refractivity contribution < 1.29 is 0 Å². The fraction of sp³-hybridized carbons (Fsp3) is 0.733. The minimum Gasteiger partial charge on any atom is -0.340 e. The predicted octanol–water partition coefficient (Wildman–Crippen LogP) is 2.09. The lowest BCUT2D eigenvalue weighted by atomic mass is 9.98. The van der Waals surface area contributed by atoms with Crippen molar-refractivity contribution in [3.63, 3.8) is 0 Å². The van der Waals surface area contributed by atoms with Crippen molar-refractivity contribution in [1.29, 1.82) is 0 Å². The molecule has 1 saturated heterocycles. The molecule has 0 saturated carbocycles. The molecule has 0 amide bonds. The Morgan fingerprint density at radius 1 is 1.42 bits per heavy atom. The highest BCUT2D eigenvalue weighted by atomic mass is 15.3. The summed E-state index contributed by atoms with van der Waals surface area (Å²) in [6.07, 6.45) is 8.10. The third kappa shape index (κ3) is 2.46. The Hall–Kier alpha value is -1.16. The highest BCUT2D eigenvalue weighted by Crippen LogP contribution is 2.34. The van der Waals surface area contributed by atoms with Crippen molar-refractivity contribution in [2.75, 3.05) is 24.5 Å². The summed E-state index contributed by atoms with van der Waals surface area (Å²) in [5, 5.41) is 0. The fourth-order valence-electron chi connectivity index (χ4n) is 3.41. The molecule has 1 aliphatic carbocycles. The quantitative estimate of drug-likeness (QED) is 0.904. The topological polar surface area (TPSA) is 55.0 Å². The van der Waals surface area contributed by atoms with Gasteiger partial charge in [0.25, 0.3) is 0 Å². The Morgan fingerprint density at radius 3 is 3.11 bits per heavy atom. The van der Waals surface area contributed by atoms with E-state index in [4.69, 9.17) is 10.7 Å². The van der Waals surface area contributed by atoms with Crippen LogP contribution in [0.1, 0.15) is 49.8 Å². The molecule has 0 radical (unpaired) electrons. The van der Waals surface area contributed by atoms with Crippen LogP contribution in [-0.4, -0.2) is 29.6 Å². The Bertz CT molecular complexity index is 446. The lowest BCUT2D eigenvalue weighted by molar-refractivity contribution is 0.419. The van der Waals surface area contributed by atoms with Crippen molar-refractivity contribution in [3.05, 3.63) is 17.5 Å². The van der Waals surface area contributed by atoms with Crippen molar-refractivity contribution in [2.24, 2.45) is 11.7 Å². The third-order valence-electron chi connectivity index (χ3n) is 4.66. The minimum atomic E-state index is 0.604. The summed E-state index contributed by atoms with van der Waals surface area (Å²) in [5.74, 6) is 2.18. The molecule has 1 aromatic rings. The first-order valence-corrected chi connectivity index (χ1v) is 7.62. The molecule has 2 N–H and O–H groups in total. The average molecular weight is 260 g/mol. The summed E-state index contributed by atoms with van der Waals surface area (Å²) >= 11 is 0. The van der Waals surface area contributed by atoms with Gasteiger partial charge in [-0.3, -0.25) is 0 Å². The molecule has 19 heavy (non-hydrogen) atoms. The van der Waals surface area contributed by atoms with E-state index in [-0.39, 0.29) is 0 Å². The van der Waals surface area contributed by atoms with Crippen LogP contribution in [0.4, 0.5) is 5.95 Å². The number of aryl methyl sites for hydroxylation is 1. The van der Waals surface area contributed by atoms with Crippen molar-refractivity contribution in [2.45, 2.75) is 44.9 Å². The van der Waals surface area contributed by atoms with Gasteiger partial charge in [-0.25, -0.2) is 9.97 Å². The lowest BCUT2D eigenvalue weighted by Gasteiger charge is -2.32. The van der Waals surface area contributed by atoms with Crippen LogP contribution in [0.2, 0.25) is 0 Å². The van der Waals surface area contributed by atoms with Gasteiger partial charge in [-0.05, 0) is 50.1 Å². The molecule has 2 heterocycles. The largest absolute Gasteiger partial charge is 0.340 e. The van der Waals surface area contributed by atoms with E-state index in [9.17, 15) is 0 Å². The van der Waals surface area contributed by atoms with E-state index in [1.165, 1.54) is 36.9 Å². The van der Waals surface area contributed by atoms with Crippen molar-refractivity contribution in [3.8, 4) is 0 Å². The standard InChI is InChI=1S/C15H24N4/c1-2-12-5-6-13-9-17-15(18-14(12)13)19-7-3-4-11(8-16)10-19/h9,11-12H,2-8,10,16H2,1H3. The highest BCUT2D eigenvalue weighted by Gasteiger charge is 2.26. The maximum atomic E-state index is 5.81. The fourth-order valence-corrected chi connectivity index (χ4v) is 3.41. The molecule has 4 heteroatoms. The van der Waals surface area contributed by atoms with E-state index >= 15 is 0 Å². The zero-order valence-corrected chi connectivity index (χ0v) is 11.8. The van der Waals surface area contributed by atoms with Crippen LogP contribution in [0.3, 0.4) is 0 Å². The maximum Gasteiger partial charge on any atom is 0.225 e. The maximum absolute atomic E-state index is 5.81. The third-order valence-corrected chi connectivity index (χ3v) is 4.66. The molecule has 1 aliphatic heterocycles. The van der Waals surface area contributed by atoms with Gasteiger partial charge in [0, 0.05) is 25.2 Å². The van der Waals surface area contributed by atoms with Gasteiger partial charge < -0.3 is 10.6 Å². The Morgan fingerprint density at radius 2 is 2.32 bits per heavy atom. The van der Waals surface area contributed by atoms with Crippen LogP contribution >= 0.6 is 0 Å². The van der Waals surface area contributed by atoms with Gasteiger partial charge in [0.15, 0.2) is 0 Å². The first-order chi connectivity index (χ1) is 9.31. The van der Waals surface area contributed by atoms with E-state index in [2.05, 4.69) is 23.0 Å². The summed E-state index contributed by atoms with van der Waals surface area (Å²) in [4.78, 5) is 11.8. The van der Waals surface area contributed by atoms with Gasteiger partial charge in [-0.1, -0.05) is 6.92 Å². The van der Waals surface area contributed by atoms with Gasteiger partial charge in [0.1, 0.15) is 0 Å². The second kappa shape index (κ2) is 5.45. The Balaban J connectivity index is 1.82. The molecule has 0 spiro atoms. The molecular formula is C15H24N4. The number of fused-ring (bicyclic) bond motifs is 1. The van der Waals surface area contributed by atoms with E-state index < -0.39 is 0 Å². The number of nitrogens with zero attached hydrogens (tertiary/aromatic N) is 3. The van der Waals surface area contributed by atoms with Gasteiger partial charge >= 0.3 is 0 Å². The number of nitrogens with two attached hydrogens (primary N) is 1. The van der Waals surface area contributed by atoms with E-state index in [0.29, 0.717) is 11.8 Å².